The summed E-state index contributed by atoms with van der Waals surface area (Å²) in [5.41, 5.74) is 9.85. The molecule has 8 nitrogen and oxygen atoms in total. The first kappa shape index (κ1) is 13.4. The van der Waals surface area contributed by atoms with Crippen LogP contribution in [0.4, 0.5) is 16.2 Å². The van der Waals surface area contributed by atoms with Gasteiger partial charge in [0.1, 0.15) is 6.07 Å². The number of nitrogens with two attached hydrogens (primary N) is 1. The number of hydrogen-bond donors (Lipinski definition) is 4. The van der Waals surface area contributed by atoms with E-state index in [-0.39, 0.29) is 11.7 Å². The summed E-state index contributed by atoms with van der Waals surface area (Å²) in [6.45, 7) is 0.426. The van der Waals surface area contributed by atoms with Gasteiger partial charge in [-0.25, -0.2) is 4.79 Å². The summed E-state index contributed by atoms with van der Waals surface area (Å²) in [6, 6.07) is 6.92. The molecule has 1 aromatic carbocycles. The van der Waals surface area contributed by atoms with Crippen molar-refractivity contribution in [3.63, 3.8) is 0 Å². The molecule has 1 heterocycles. The number of nitrogens with one attached hydrogen (secondary N) is 3. The molecule has 2 amide bonds. The summed E-state index contributed by atoms with van der Waals surface area (Å²) >= 11 is 0. The molecule has 1 aromatic rings. The van der Waals surface area contributed by atoms with Crippen LogP contribution >= 0.6 is 0 Å². The molecule has 0 fully saturated rings. The van der Waals surface area contributed by atoms with Gasteiger partial charge in [0.2, 0.25) is 5.71 Å². The number of urea groups is 1. The first-order chi connectivity index (χ1) is 9.54. The molecule has 0 radical (unpaired) electrons. The van der Waals surface area contributed by atoms with E-state index in [2.05, 4.69) is 15.8 Å². The van der Waals surface area contributed by atoms with E-state index in [1.165, 1.54) is 4.90 Å². The van der Waals surface area contributed by atoms with Gasteiger partial charge in [-0.3, -0.25) is 15.7 Å². The normalized spacial score (nSPS) is 14.1. The van der Waals surface area contributed by atoms with Crippen molar-refractivity contribution < 1.29 is 4.79 Å². The Labute approximate surface area is 115 Å². The van der Waals surface area contributed by atoms with Gasteiger partial charge >= 0.3 is 6.03 Å². The highest BCUT2D eigenvalue weighted by atomic mass is 16.2. The Morgan fingerprint density at radius 2 is 2.40 bits per heavy atom. The van der Waals surface area contributed by atoms with E-state index >= 15 is 0 Å². The Hall–Kier alpha value is -3.08. The van der Waals surface area contributed by atoms with Crippen molar-refractivity contribution in [1.29, 1.82) is 10.7 Å². The largest absolute Gasteiger partial charge is 0.382 e. The molecule has 20 heavy (non-hydrogen) atoms. The predicted molar refractivity (Wildman–Crippen MR) is 75.7 cm³/mol. The topological polar surface area (TPSA) is 130 Å². The molecular weight excluding hydrogens is 258 g/mol. The molecule has 0 spiro atoms. The second-order valence-electron chi connectivity index (χ2n) is 4.13. The number of rotatable bonds is 3. The molecule has 8 heteroatoms. The second-order valence-corrected chi connectivity index (χ2v) is 4.13. The fourth-order valence-electron chi connectivity index (χ4n) is 1.87. The number of amides is 2. The molecule has 0 aliphatic carbocycles. The molecule has 2 rings (SSSR count). The number of para-hydroxylation sites is 1. The first-order valence-electron chi connectivity index (χ1n) is 5.76. The third-order valence-electron chi connectivity index (χ3n) is 2.84. The van der Waals surface area contributed by atoms with Crippen molar-refractivity contribution in [1.82, 2.24) is 5.32 Å². The minimum absolute atomic E-state index is 0.217. The molecule has 0 atom stereocenters. The zero-order valence-electron chi connectivity index (χ0n) is 10.8. The van der Waals surface area contributed by atoms with Crippen LogP contribution in [-0.2, 0) is 6.54 Å². The SMILES string of the molecule is CN1C(=O)NCc2cccc(N/N=C(\C#N)C(=N)N)c21. The van der Waals surface area contributed by atoms with Gasteiger partial charge in [0.25, 0.3) is 0 Å². The van der Waals surface area contributed by atoms with Crippen molar-refractivity contribution >= 4 is 29.0 Å². The van der Waals surface area contributed by atoms with Crippen LogP contribution in [-0.4, -0.2) is 24.6 Å². The number of amidine groups is 1. The van der Waals surface area contributed by atoms with Crippen LogP contribution < -0.4 is 21.4 Å². The molecule has 0 unspecified atom stereocenters. The van der Waals surface area contributed by atoms with E-state index in [0.717, 1.165) is 5.56 Å². The van der Waals surface area contributed by atoms with Gasteiger partial charge in [0.15, 0.2) is 5.84 Å². The number of anilines is 2. The number of hydrazone groups is 1. The smallest absolute Gasteiger partial charge is 0.321 e. The van der Waals surface area contributed by atoms with Gasteiger partial charge in [0, 0.05) is 13.6 Å². The summed E-state index contributed by atoms with van der Waals surface area (Å²) in [5, 5.41) is 22.5. The van der Waals surface area contributed by atoms with Gasteiger partial charge in [0.05, 0.1) is 11.4 Å². The van der Waals surface area contributed by atoms with Crippen molar-refractivity contribution in [3.8, 4) is 6.07 Å². The highest BCUT2D eigenvalue weighted by Gasteiger charge is 2.23. The monoisotopic (exact) mass is 271 g/mol. The van der Waals surface area contributed by atoms with Crippen LogP contribution in [0.25, 0.3) is 0 Å². The Kier molecular flexibility index (Phi) is 3.52. The fraction of sp³-hybridized carbons (Fsp3) is 0.167. The van der Waals surface area contributed by atoms with E-state index in [0.29, 0.717) is 17.9 Å². The van der Waals surface area contributed by atoms with Crippen LogP contribution in [0.2, 0.25) is 0 Å². The van der Waals surface area contributed by atoms with E-state index in [1.807, 2.05) is 12.1 Å². The third-order valence-corrected chi connectivity index (χ3v) is 2.84. The lowest BCUT2D eigenvalue weighted by Crippen LogP contribution is -2.41. The molecular formula is C12H13N7O. The second kappa shape index (κ2) is 5.27. The Balaban J connectivity index is 2.38. The highest BCUT2D eigenvalue weighted by Crippen LogP contribution is 2.31. The van der Waals surface area contributed by atoms with Crippen LogP contribution in [0.3, 0.4) is 0 Å². The average Bonchev–Trinajstić information content (AvgIpc) is 2.43. The Morgan fingerprint density at radius 3 is 3.05 bits per heavy atom. The average molecular weight is 271 g/mol. The van der Waals surface area contributed by atoms with Gasteiger partial charge in [-0.05, 0) is 11.6 Å². The highest BCUT2D eigenvalue weighted by molar-refractivity contribution is 6.45. The van der Waals surface area contributed by atoms with Crippen LogP contribution in [0.15, 0.2) is 23.3 Å². The number of hydrogen-bond acceptors (Lipinski definition) is 5. The summed E-state index contributed by atoms with van der Waals surface area (Å²) in [5.74, 6) is -0.420. The van der Waals surface area contributed by atoms with Crippen molar-refractivity contribution in [2.45, 2.75) is 6.54 Å². The number of nitrogens with zero attached hydrogens (tertiary/aromatic N) is 3. The number of nitriles is 1. The Morgan fingerprint density at radius 1 is 1.65 bits per heavy atom. The van der Waals surface area contributed by atoms with E-state index < -0.39 is 5.84 Å². The van der Waals surface area contributed by atoms with Crippen molar-refractivity contribution in [2.24, 2.45) is 10.8 Å². The number of carbonyl (C=O) groups is 1. The zero-order valence-corrected chi connectivity index (χ0v) is 10.8. The number of carbonyl (C=O) groups excluding carboxylic acids is 1. The minimum Gasteiger partial charge on any atom is -0.382 e. The van der Waals surface area contributed by atoms with Crippen LogP contribution in [0, 0.1) is 16.7 Å². The molecule has 0 aromatic heterocycles. The van der Waals surface area contributed by atoms with Crippen molar-refractivity contribution in [2.75, 3.05) is 17.4 Å². The Bertz CT molecular complexity index is 644. The van der Waals surface area contributed by atoms with E-state index in [9.17, 15) is 4.79 Å². The maximum absolute atomic E-state index is 11.7. The number of benzene rings is 1. The van der Waals surface area contributed by atoms with Crippen LogP contribution in [0.5, 0.6) is 0 Å². The lowest BCUT2D eigenvalue weighted by atomic mass is 10.1. The molecule has 0 saturated carbocycles. The lowest BCUT2D eigenvalue weighted by Gasteiger charge is -2.28. The molecule has 1 aliphatic heterocycles. The lowest BCUT2D eigenvalue weighted by molar-refractivity contribution is 0.246. The molecule has 102 valence electrons. The quantitative estimate of drug-likeness (QED) is 0.363. The van der Waals surface area contributed by atoms with Crippen molar-refractivity contribution in [3.05, 3.63) is 23.8 Å². The standard InChI is InChI=1S/C12H13N7O/c1-19-10-7(6-16-12(19)20)3-2-4-8(10)17-18-9(5-13)11(14)15/h2-4,17H,6H2,1H3,(H3,14,15)(H,16,20)/b18-9+. The van der Waals surface area contributed by atoms with E-state index in [1.54, 1.807) is 19.2 Å². The van der Waals surface area contributed by atoms with Gasteiger partial charge < -0.3 is 11.1 Å². The summed E-state index contributed by atoms with van der Waals surface area (Å²) in [4.78, 5) is 13.1. The predicted octanol–water partition coefficient (Wildman–Crippen LogP) is 0.573. The maximum atomic E-state index is 11.7. The third kappa shape index (κ3) is 2.37. The first-order valence-corrected chi connectivity index (χ1v) is 5.76. The number of fused-ring (bicyclic) bond motifs is 1. The fourth-order valence-corrected chi connectivity index (χ4v) is 1.87. The van der Waals surface area contributed by atoms with E-state index in [4.69, 9.17) is 16.4 Å². The summed E-state index contributed by atoms with van der Waals surface area (Å²) in [7, 11) is 1.64. The molecule has 1 aliphatic rings. The maximum Gasteiger partial charge on any atom is 0.321 e. The molecule has 0 bridgehead atoms. The molecule has 5 N–H and O–H groups in total. The van der Waals surface area contributed by atoms with Gasteiger partial charge in [-0.15, -0.1) is 0 Å². The summed E-state index contributed by atoms with van der Waals surface area (Å²) in [6.07, 6.45) is 0. The van der Waals surface area contributed by atoms with Crippen LogP contribution in [0.1, 0.15) is 5.56 Å². The zero-order chi connectivity index (χ0) is 14.7. The van der Waals surface area contributed by atoms with Gasteiger partial charge in [-0.2, -0.15) is 10.4 Å². The minimum atomic E-state index is -0.420. The van der Waals surface area contributed by atoms with Gasteiger partial charge in [-0.1, -0.05) is 12.1 Å². The molecule has 0 saturated heterocycles. The summed E-state index contributed by atoms with van der Waals surface area (Å²) < 4.78 is 0.